The Hall–Kier alpha value is -3.05. The summed E-state index contributed by atoms with van der Waals surface area (Å²) in [5, 5.41) is 3.12. The number of carbonyl (C=O) groups excluding carboxylic acids is 1. The molecule has 1 aromatic heterocycles. The maximum atomic E-state index is 13.3. The van der Waals surface area contributed by atoms with Crippen molar-refractivity contribution in [2.24, 2.45) is 0 Å². The first kappa shape index (κ1) is 23.1. The van der Waals surface area contributed by atoms with Gasteiger partial charge in [0.15, 0.2) is 0 Å². The number of fused-ring (bicyclic) bond motifs is 1. The normalized spacial score (nSPS) is 12.4. The molecule has 0 aliphatic carbocycles. The number of benzene rings is 3. The third-order valence-electron chi connectivity index (χ3n) is 4.85. The van der Waals surface area contributed by atoms with Crippen LogP contribution in [-0.4, -0.2) is 36.2 Å². The molecule has 11 heteroatoms. The molecule has 1 atom stereocenters. The van der Waals surface area contributed by atoms with Gasteiger partial charge in [-0.1, -0.05) is 48.0 Å². The standard InChI is InChI=1S/C22H19ClN4O4S2/c1-31-19-11-10-15(23)13-17(19)24-22(28)18(12-14-6-3-2-4-7-14)27-33(29,30)20-9-5-8-16-21(20)26-32-25-16/h2-11,13,18,27H,12H2,1H3,(H,24,28)/t18-/m0/s1. The zero-order valence-electron chi connectivity index (χ0n) is 17.4. The molecule has 0 unspecified atom stereocenters. The Labute approximate surface area is 199 Å². The number of hydrogen-bond acceptors (Lipinski definition) is 7. The Bertz CT molecular complexity index is 1390. The number of sulfonamides is 1. The molecule has 4 rings (SSSR count). The number of amides is 1. The molecule has 1 amide bonds. The van der Waals surface area contributed by atoms with Gasteiger partial charge in [-0.05, 0) is 42.3 Å². The summed E-state index contributed by atoms with van der Waals surface area (Å²) in [5.41, 5.74) is 1.84. The number of aromatic nitrogens is 2. The molecule has 0 aliphatic heterocycles. The largest absolute Gasteiger partial charge is 0.495 e. The van der Waals surface area contributed by atoms with Crippen LogP contribution in [0.1, 0.15) is 5.56 Å². The fourth-order valence-corrected chi connectivity index (χ4v) is 5.42. The van der Waals surface area contributed by atoms with Gasteiger partial charge < -0.3 is 10.1 Å². The van der Waals surface area contributed by atoms with Crippen LogP contribution in [0, 0.1) is 0 Å². The predicted octanol–water partition coefficient (Wildman–Crippen LogP) is 3.88. The molecular formula is C22H19ClN4O4S2. The monoisotopic (exact) mass is 502 g/mol. The van der Waals surface area contributed by atoms with Crippen LogP contribution in [0.3, 0.4) is 0 Å². The van der Waals surface area contributed by atoms with E-state index < -0.39 is 22.0 Å². The molecule has 0 bridgehead atoms. The molecule has 4 aromatic rings. The summed E-state index contributed by atoms with van der Waals surface area (Å²) in [6, 6.07) is 17.5. The highest BCUT2D eigenvalue weighted by Gasteiger charge is 2.28. The van der Waals surface area contributed by atoms with Gasteiger partial charge in [0.2, 0.25) is 15.9 Å². The number of halogens is 1. The third kappa shape index (κ3) is 5.31. The molecule has 0 saturated heterocycles. The molecule has 170 valence electrons. The minimum Gasteiger partial charge on any atom is -0.495 e. The lowest BCUT2D eigenvalue weighted by Gasteiger charge is -2.20. The lowest BCUT2D eigenvalue weighted by atomic mass is 10.1. The van der Waals surface area contributed by atoms with Crippen LogP contribution in [0.2, 0.25) is 5.02 Å². The predicted molar refractivity (Wildman–Crippen MR) is 128 cm³/mol. The first-order valence-corrected chi connectivity index (χ1v) is 12.4. The van der Waals surface area contributed by atoms with Crippen molar-refractivity contribution < 1.29 is 17.9 Å². The number of nitrogens with zero attached hydrogens (tertiary/aromatic N) is 2. The van der Waals surface area contributed by atoms with E-state index in [-0.39, 0.29) is 16.8 Å². The van der Waals surface area contributed by atoms with Gasteiger partial charge in [0, 0.05) is 5.02 Å². The maximum Gasteiger partial charge on any atom is 0.243 e. The van der Waals surface area contributed by atoms with Crippen LogP contribution in [0.15, 0.2) is 71.6 Å². The number of methoxy groups -OCH3 is 1. The number of ether oxygens (including phenoxy) is 1. The van der Waals surface area contributed by atoms with Crippen molar-refractivity contribution in [2.75, 3.05) is 12.4 Å². The summed E-state index contributed by atoms with van der Waals surface area (Å²) in [6.45, 7) is 0. The molecular weight excluding hydrogens is 484 g/mol. The second-order valence-electron chi connectivity index (χ2n) is 7.09. The Balaban J connectivity index is 1.67. The highest BCUT2D eigenvalue weighted by molar-refractivity contribution is 7.89. The second-order valence-corrected chi connectivity index (χ2v) is 9.73. The van der Waals surface area contributed by atoms with Gasteiger partial charge in [-0.25, -0.2) is 8.42 Å². The third-order valence-corrected chi connectivity index (χ3v) is 7.14. The Morgan fingerprint density at radius 2 is 1.88 bits per heavy atom. The maximum absolute atomic E-state index is 13.3. The van der Waals surface area contributed by atoms with Crippen molar-refractivity contribution >= 4 is 56.0 Å². The van der Waals surface area contributed by atoms with E-state index in [1.807, 2.05) is 30.3 Å². The summed E-state index contributed by atoms with van der Waals surface area (Å²) >= 11 is 6.99. The molecule has 33 heavy (non-hydrogen) atoms. The minimum absolute atomic E-state index is 0.0417. The molecule has 1 heterocycles. The second kappa shape index (κ2) is 9.84. The summed E-state index contributed by atoms with van der Waals surface area (Å²) in [7, 11) is -2.64. The number of anilines is 1. The van der Waals surface area contributed by atoms with Gasteiger partial charge in [0.1, 0.15) is 27.7 Å². The van der Waals surface area contributed by atoms with E-state index in [0.29, 0.717) is 22.0 Å². The van der Waals surface area contributed by atoms with E-state index in [1.165, 1.54) is 19.2 Å². The van der Waals surface area contributed by atoms with Crippen LogP contribution in [-0.2, 0) is 21.2 Å². The molecule has 0 fully saturated rings. The van der Waals surface area contributed by atoms with E-state index >= 15 is 0 Å². The van der Waals surface area contributed by atoms with Crippen molar-refractivity contribution in [3.05, 3.63) is 77.3 Å². The smallest absolute Gasteiger partial charge is 0.243 e. The van der Waals surface area contributed by atoms with Crippen LogP contribution in [0.4, 0.5) is 5.69 Å². The van der Waals surface area contributed by atoms with E-state index in [2.05, 4.69) is 18.8 Å². The van der Waals surface area contributed by atoms with Crippen molar-refractivity contribution in [1.82, 2.24) is 13.5 Å². The van der Waals surface area contributed by atoms with E-state index in [1.54, 1.807) is 24.3 Å². The van der Waals surface area contributed by atoms with Crippen molar-refractivity contribution in [1.29, 1.82) is 0 Å². The fraction of sp³-hybridized carbons (Fsp3) is 0.136. The first-order chi connectivity index (χ1) is 15.9. The SMILES string of the molecule is COc1ccc(Cl)cc1NC(=O)[C@H](Cc1ccccc1)NS(=O)(=O)c1cccc2nsnc12. The van der Waals surface area contributed by atoms with Gasteiger partial charge >= 0.3 is 0 Å². The van der Waals surface area contributed by atoms with Gasteiger partial charge in [0.25, 0.3) is 0 Å². The molecule has 0 radical (unpaired) electrons. The van der Waals surface area contributed by atoms with Gasteiger partial charge in [0.05, 0.1) is 24.5 Å². The zero-order chi connectivity index (χ0) is 23.4. The van der Waals surface area contributed by atoms with Crippen molar-refractivity contribution in [3.63, 3.8) is 0 Å². The van der Waals surface area contributed by atoms with E-state index in [0.717, 1.165) is 17.3 Å². The van der Waals surface area contributed by atoms with Crippen LogP contribution >= 0.6 is 23.3 Å². The van der Waals surface area contributed by atoms with Crippen LogP contribution < -0.4 is 14.8 Å². The highest BCUT2D eigenvalue weighted by Crippen LogP contribution is 2.28. The lowest BCUT2D eigenvalue weighted by Crippen LogP contribution is -2.45. The average molecular weight is 503 g/mol. The quantitative estimate of drug-likeness (QED) is 0.378. The molecule has 2 N–H and O–H groups in total. The van der Waals surface area contributed by atoms with E-state index in [4.69, 9.17) is 16.3 Å². The van der Waals surface area contributed by atoms with Crippen molar-refractivity contribution in [3.8, 4) is 5.75 Å². The highest BCUT2D eigenvalue weighted by atomic mass is 35.5. The molecule has 0 spiro atoms. The number of hydrogen-bond donors (Lipinski definition) is 2. The number of rotatable bonds is 8. The van der Waals surface area contributed by atoms with Gasteiger partial charge in [-0.15, -0.1) is 0 Å². The first-order valence-electron chi connectivity index (χ1n) is 9.79. The number of carbonyl (C=O) groups is 1. The van der Waals surface area contributed by atoms with Crippen LogP contribution in [0.25, 0.3) is 11.0 Å². The summed E-state index contributed by atoms with van der Waals surface area (Å²) in [4.78, 5) is 13.2. The molecule has 0 aliphatic rings. The van der Waals surface area contributed by atoms with E-state index in [9.17, 15) is 13.2 Å². The van der Waals surface area contributed by atoms with Gasteiger partial charge in [-0.3, -0.25) is 4.79 Å². The fourth-order valence-electron chi connectivity index (χ4n) is 3.28. The Kier molecular flexibility index (Phi) is 6.89. The Morgan fingerprint density at radius 1 is 1.09 bits per heavy atom. The number of nitrogens with one attached hydrogen (secondary N) is 2. The van der Waals surface area contributed by atoms with Crippen molar-refractivity contribution in [2.45, 2.75) is 17.4 Å². The van der Waals surface area contributed by atoms with Crippen LogP contribution in [0.5, 0.6) is 5.75 Å². The summed E-state index contributed by atoms with van der Waals surface area (Å²) < 4.78 is 42.6. The topological polar surface area (TPSA) is 110 Å². The van der Waals surface area contributed by atoms with Gasteiger partial charge in [-0.2, -0.15) is 13.5 Å². The zero-order valence-corrected chi connectivity index (χ0v) is 19.7. The average Bonchev–Trinajstić information content (AvgIpc) is 3.28. The lowest BCUT2D eigenvalue weighted by molar-refractivity contribution is -0.117. The molecule has 8 nitrogen and oxygen atoms in total. The minimum atomic E-state index is -4.10. The summed E-state index contributed by atoms with van der Waals surface area (Å²) in [6.07, 6.45) is 0.125. The summed E-state index contributed by atoms with van der Waals surface area (Å²) in [5.74, 6) is -0.168. The Morgan fingerprint density at radius 3 is 2.64 bits per heavy atom. The molecule has 0 saturated carbocycles. The molecule has 3 aromatic carbocycles.